The molecule has 0 aliphatic carbocycles. The lowest BCUT2D eigenvalue weighted by Gasteiger charge is -2.45. The van der Waals surface area contributed by atoms with Crippen LogP contribution in [0.5, 0.6) is 0 Å². The first-order valence-electron chi connectivity index (χ1n) is 7.29. The van der Waals surface area contributed by atoms with E-state index in [0.29, 0.717) is 19.5 Å². The molecule has 2 atom stereocenters. The maximum Gasteiger partial charge on any atom is 0.410 e. The van der Waals surface area contributed by atoms with Crippen molar-refractivity contribution >= 4 is 12.1 Å². The summed E-state index contributed by atoms with van der Waals surface area (Å²) in [4.78, 5) is 25.5. The van der Waals surface area contributed by atoms with E-state index in [1.165, 1.54) is 7.11 Å². The minimum Gasteiger partial charge on any atom is -0.468 e. The molecule has 2 unspecified atom stereocenters. The van der Waals surface area contributed by atoms with Gasteiger partial charge in [0.1, 0.15) is 11.6 Å². The molecule has 6 nitrogen and oxygen atoms in total. The van der Waals surface area contributed by atoms with Crippen LogP contribution in [-0.2, 0) is 14.3 Å². The van der Waals surface area contributed by atoms with Crippen molar-refractivity contribution in [2.75, 3.05) is 20.2 Å². The fourth-order valence-corrected chi connectivity index (χ4v) is 2.82. The average Bonchev–Trinajstić information content (AvgIpc) is 2.33. The second kappa shape index (κ2) is 6.22. The lowest BCUT2D eigenvalue weighted by Crippen LogP contribution is -2.56. The normalized spacial score (nSPS) is 23.4. The van der Waals surface area contributed by atoms with Gasteiger partial charge in [-0.1, -0.05) is 13.8 Å². The molecule has 1 aliphatic rings. The number of carbonyl (C=O) groups is 2. The lowest BCUT2D eigenvalue weighted by molar-refractivity contribution is -0.145. The van der Waals surface area contributed by atoms with E-state index in [2.05, 4.69) is 0 Å². The Labute approximate surface area is 126 Å². The van der Waals surface area contributed by atoms with Crippen LogP contribution in [0.15, 0.2) is 0 Å². The Bertz CT molecular complexity index is 401. The Morgan fingerprint density at radius 2 is 1.90 bits per heavy atom. The van der Waals surface area contributed by atoms with Crippen LogP contribution in [0.3, 0.4) is 0 Å². The van der Waals surface area contributed by atoms with Crippen LogP contribution < -0.4 is 5.73 Å². The van der Waals surface area contributed by atoms with E-state index in [-0.39, 0.29) is 17.4 Å². The van der Waals surface area contributed by atoms with Crippen molar-refractivity contribution in [1.29, 1.82) is 0 Å². The van der Waals surface area contributed by atoms with Gasteiger partial charge in [0, 0.05) is 13.1 Å². The average molecular weight is 300 g/mol. The summed E-state index contributed by atoms with van der Waals surface area (Å²) < 4.78 is 10.1. The molecular weight excluding hydrogens is 272 g/mol. The van der Waals surface area contributed by atoms with E-state index in [0.717, 1.165) is 0 Å². The molecule has 0 spiro atoms. The number of ether oxygens (including phenoxy) is 2. The number of carbonyl (C=O) groups excluding carboxylic acids is 2. The Morgan fingerprint density at radius 3 is 2.33 bits per heavy atom. The van der Waals surface area contributed by atoms with Crippen LogP contribution in [0, 0.1) is 11.3 Å². The monoisotopic (exact) mass is 300 g/mol. The molecule has 1 rings (SSSR count). The van der Waals surface area contributed by atoms with Crippen molar-refractivity contribution < 1.29 is 19.1 Å². The molecule has 1 saturated heterocycles. The fourth-order valence-electron chi connectivity index (χ4n) is 2.82. The third-order valence-electron chi connectivity index (χ3n) is 3.87. The van der Waals surface area contributed by atoms with Crippen LogP contribution in [0.25, 0.3) is 0 Å². The van der Waals surface area contributed by atoms with Gasteiger partial charge in [-0.3, -0.25) is 4.79 Å². The molecule has 0 radical (unpaired) electrons. The summed E-state index contributed by atoms with van der Waals surface area (Å²) in [5, 5.41) is 0. The van der Waals surface area contributed by atoms with Gasteiger partial charge in [-0.05, 0) is 38.5 Å². The number of hydrogen-bond acceptors (Lipinski definition) is 5. The summed E-state index contributed by atoms with van der Waals surface area (Å²) in [6.45, 7) is 10.6. The lowest BCUT2D eigenvalue weighted by atomic mass is 9.70. The molecule has 1 aliphatic heterocycles. The molecule has 1 fully saturated rings. The van der Waals surface area contributed by atoms with E-state index in [4.69, 9.17) is 15.2 Å². The number of likely N-dealkylation sites (tertiary alicyclic amines) is 1. The van der Waals surface area contributed by atoms with Crippen molar-refractivity contribution in [3.8, 4) is 0 Å². The Hall–Kier alpha value is -1.30. The summed E-state index contributed by atoms with van der Waals surface area (Å²) in [6, 6.07) is -0.661. The van der Waals surface area contributed by atoms with Crippen molar-refractivity contribution in [3.05, 3.63) is 0 Å². The number of hydrogen-bond donors (Lipinski definition) is 1. The SMILES string of the molecule is COC(=O)C(N)C1CCN(C(=O)OC(C)(C)C)CC1(C)C. The van der Waals surface area contributed by atoms with Crippen LogP contribution in [-0.4, -0.2) is 48.8 Å². The summed E-state index contributed by atoms with van der Waals surface area (Å²) >= 11 is 0. The summed E-state index contributed by atoms with van der Waals surface area (Å²) in [5.41, 5.74) is 5.20. The molecule has 0 saturated carbocycles. The first-order valence-corrected chi connectivity index (χ1v) is 7.29. The van der Waals surface area contributed by atoms with Gasteiger partial charge in [-0.25, -0.2) is 4.79 Å². The predicted molar refractivity (Wildman–Crippen MR) is 79.7 cm³/mol. The summed E-state index contributed by atoms with van der Waals surface area (Å²) in [5.74, 6) is -0.428. The zero-order valence-corrected chi connectivity index (χ0v) is 13.9. The van der Waals surface area contributed by atoms with Crippen molar-refractivity contribution in [3.63, 3.8) is 0 Å². The van der Waals surface area contributed by atoms with Crippen molar-refractivity contribution in [2.24, 2.45) is 17.1 Å². The number of esters is 1. The minimum absolute atomic E-state index is 0.0244. The van der Waals surface area contributed by atoms with Crippen LogP contribution >= 0.6 is 0 Å². The van der Waals surface area contributed by atoms with Gasteiger partial charge in [-0.2, -0.15) is 0 Å². The third-order valence-corrected chi connectivity index (χ3v) is 3.87. The molecule has 1 amide bonds. The fraction of sp³-hybridized carbons (Fsp3) is 0.867. The molecule has 1 heterocycles. The Balaban J connectivity index is 2.74. The van der Waals surface area contributed by atoms with Gasteiger partial charge in [0.25, 0.3) is 0 Å². The Morgan fingerprint density at radius 1 is 1.33 bits per heavy atom. The summed E-state index contributed by atoms with van der Waals surface area (Å²) in [6.07, 6.45) is 0.336. The van der Waals surface area contributed by atoms with Crippen LogP contribution in [0.1, 0.15) is 41.0 Å². The predicted octanol–water partition coefficient (Wildman–Crippen LogP) is 1.77. The standard InChI is InChI=1S/C15H28N2O4/c1-14(2,3)21-13(19)17-8-7-10(15(4,5)9-17)11(16)12(18)20-6/h10-11H,7-9,16H2,1-6H3. The van der Waals surface area contributed by atoms with Gasteiger partial charge in [0.15, 0.2) is 0 Å². The van der Waals surface area contributed by atoms with Crippen LogP contribution in [0.4, 0.5) is 4.79 Å². The molecule has 6 heteroatoms. The van der Waals surface area contributed by atoms with Crippen molar-refractivity contribution in [1.82, 2.24) is 4.90 Å². The number of nitrogens with two attached hydrogens (primary N) is 1. The van der Waals surface area contributed by atoms with Gasteiger partial charge in [0.05, 0.1) is 7.11 Å². The molecule has 0 aromatic carbocycles. The molecular formula is C15H28N2O4. The first-order chi connectivity index (χ1) is 9.48. The highest BCUT2D eigenvalue weighted by Gasteiger charge is 2.43. The molecule has 122 valence electrons. The van der Waals surface area contributed by atoms with E-state index in [1.807, 2.05) is 34.6 Å². The number of methoxy groups -OCH3 is 1. The first kappa shape index (κ1) is 17.8. The second-order valence-electron chi connectivity index (χ2n) is 7.33. The number of piperidine rings is 1. The number of nitrogens with zero attached hydrogens (tertiary/aromatic N) is 1. The smallest absolute Gasteiger partial charge is 0.410 e. The second-order valence-corrected chi connectivity index (χ2v) is 7.33. The molecule has 0 bridgehead atoms. The van der Waals surface area contributed by atoms with E-state index in [9.17, 15) is 9.59 Å². The number of rotatable bonds is 2. The highest BCUT2D eigenvalue weighted by Crippen LogP contribution is 2.37. The van der Waals surface area contributed by atoms with E-state index in [1.54, 1.807) is 4.90 Å². The van der Waals surface area contributed by atoms with Gasteiger partial charge >= 0.3 is 12.1 Å². The van der Waals surface area contributed by atoms with E-state index < -0.39 is 17.6 Å². The van der Waals surface area contributed by atoms with Gasteiger partial charge in [0.2, 0.25) is 0 Å². The maximum atomic E-state index is 12.1. The van der Waals surface area contributed by atoms with Gasteiger partial charge < -0.3 is 20.1 Å². The largest absolute Gasteiger partial charge is 0.468 e. The highest BCUT2D eigenvalue weighted by atomic mass is 16.6. The zero-order chi connectivity index (χ0) is 16.4. The Kier molecular flexibility index (Phi) is 5.25. The minimum atomic E-state index is -0.661. The zero-order valence-electron chi connectivity index (χ0n) is 13.9. The topological polar surface area (TPSA) is 81.9 Å². The van der Waals surface area contributed by atoms with Crippen molar-refractivity contribution in [2.45, 2.75) is 52.7 Å². The summed E-state index contributed by atoms with van der Waals surface area (Å²) in [7, 11) is 1.34. The third kappa shape index (κ3) is 4.59. The molecule has 21 heavy (non-hydrogen) atoms. The highest BCUT2D eigenvalue weighted by molar-refractivity contribution is 5.76. The quantitative estimate of drug-likeness (QED) is 0.786. The van der Waals surface area contributed by atoms with Gasteiger partial charge in [-0.15, -0.1) is 0 Å². The van der Waals surface area contributed by atoms with Crippen LogP contribution in [0.2, 0.25) is 0 Å². The molecule has 2 N–H and O–H groups in total. The molecule has 0 aromatic heterocycles. The number of amides is 1. The van der Waals surface area contributed by atoms with E-state index >= 15 is 0 Å². The molecule has 0 aromatic rings. The maximum absolute atomic E-state index is 12.1.